The standard InChI is InChI=1S/C25H25FN4O6S/c1-18(25(32)27-2)28(16-19-8-10-20(26)11-9-19)24(31)17-29(21-12-14-22(15-13-21)30(33)34)37(35,36)23-6-4-3-5-7-23/h3-15,18H,16-17H2,1-2H3,(H,27,32). The number of halogens is 1. The number of hydrogen-bond acceptors (Lipinski definition) is 6. The molecule has 10 nitrogen and oxygen atoms in total. The van der Waals surface area contributed by atoms with Crippen LogP contribution in [0.15, 0.2) is 83.8 Å². The molecule has 0 bridgehead atoms. The minimum atomic E-state index is -4.28. The van der Waals surface area contributed by atoms with Gasteiger partial charge >= 0.3 is 0 Å². The molecule has 1 unspecified atom stereocenters. The Morgan fingerprint density at radius 2 is 1.59 bits per heavy atom. The van der Waals surface area contributed by atoms with E-state index in [0.29, 0.717) is 5.56 Å². The summed E-state index contributed by atoms with van der Waals surface area (Å²) in [5.74, 6) is -1.67. The highest BCUT2D eigenvalue weighted by atomic mass is 32.2. The summed E-state index contributed by atoms with van der Waals surface area (Å²) in [7, 11) is -2.87. The number of sulfonamides is 1. The van der Waals surface area contributed by atoms with Crippen LogP contribution >= 0.6 is 0 Å². The van der Waals surface area contributed by atoms with Crippen LogP contribution < -0.4 is 9.62 Å². The van der Waals surface area contributed by atoms with Crippen molar-refractivity contribution in [3.63, 3.8) is 0 Å². The fraction of sp³-hybridized carbons (Fsp3) is 0.200. The normalized spacial score (nSPS) is 11.9. The maximum absolute atomic E-state index is 13.6. The lowest BCUT2D eigenvalue weighted by atomic mass is 10.1. The Balaban J connectivity index is 2.03. The quantitative estimate of drug-likeness (QED) is 0.318. The highest BCUT2D eigenvalue weighted by molar-refractivity contribution is 7.92. The average molecular weight is 529 g/mol. The Labute approximate surface area is 213 Å². The number of nitrogens with zero attached hydrogens (tertiary/aromatic N) is 3. The maximum atomic E-state index is 13.6. The number of nitro benzene ring substituents is 1. The summed E-state index contributed by atoms with van der Waals surface area (Å²) >= 11 is 0. The molecule has 0 radical (unpaired) electrons. The van der Waals surface area contributed by atoms with Gasteiger partial charge in [-0.2, -0.15) is 0 Å². The number of anilines is 1. The zero-order valence-electron chi connectivity index (χ0n) is 20.1. The molecular weight excluding hydrogens is 503 g/mol. The van der Waals surface area contributed by atoms with E-state index in [1.807, 2.05) is 0 Å². The largest absolute Gasteiger partial charge is 0.357 e. The molecule has 1 atom stereocenters. The molecule has 0 aliphatic carbocycles. The van der Waals surface area contributed by atoms with Gasteiger partial charge in [0.05, 0.1) is 15.5 Å². The molecule has 0 aliphatic heterocycles. The van der Waals surface area contributed by atoms with Gasteiger partial charge in [0.15, 0.2) is 0 Å². The summed E-state index contributed by atoms with van der Waals surface area (Å²) in [5, 5.41) is 13.5. The number of carbonyl (C=O) groups excluding carboxylic acids is 2. The number of amides is 2. The van der Waals surface area contributed by atoms with Gasteiger partial charge in [0.2, 0.25) is 11.8 Å². The molecule has 0 heterocycles. The van der Waals surface area contributed by atoms with Crippen LogP contribution in [0, 0.1) is 15.9 Å². The second kappa shape index (κ2) is 11.6. The summed E-state index contributed by atoms with van der Waals surface area (Å²) in [6.07, 6.45) is 0. The molecule has 0 fully saturated rings. The Hall–Kier alpha value is -4.32. The first-order valence-electron chi connectivity index (χ1n) is 11.1. The third kappa shape index (κ3) is 6.47. The van der Waals surface area contributed by atoms with Gasteiger partial charge in [-0.1, -0.05) is 30.3 Å². The number of likely N-dealkylation sites (N-methyl/N-ethyl adjacent to an activating group) is 1. The second-order valence-electron chi connectivity index (χ2n) is 8.04. The monoisotopic (exact) mass is 528 g/mol. The van der Waals surface area contributed by atoms with Crippen molar-refractivity contribution in [3.05, 3.63) is 100 Å². The van der Waals surface area contributed by atoms with Gasteiger partial charge in [0, 0.05) is 25.7 Å². The number of hydrogen-bond donors (Lipinski definition) is 1. The molecule has 0 saturated heterocycles. The van der Waals surface area contributed by atoms with Gasteiger partial charge < -0.3 is 10.2 Å². The predicted molar refractivity (Wildman–Crippen MR) is 135 cm³/mol. The van der Waals surface area contributed by atoms with Crippen molar-refractivity contribution in [2.75, 3.05) is 17.9 Å². The van der Waals surface area contributed by atoms with Crippen LogP contribution in [0.1, 0.15) is 12.5 Å². The second-order valence-corrected chi connectivity index (χ2v) is 9.90. The number of nitro groups is 1. The highest BCUT2D eigenvalue weighted by Gasteiger charge is 2.32. The van der Waals surface area contributed by atoms with Crippen molar-refractivity contribution < 1.29 is 27.3 Å². The minimum Gasteiger partial charge on any atom is -0.357 e. The van der Waals surface area contributed by atoms with E-state index in [4.69, 9.17) is 0 Å². The molecule has 0 saturated carbocycles. The van der Waals surface area contributed by atoms with Gasteiger partial charge in [-0.15, -0.1) is 0 Å². The molecule has 2 amide bonds. The lowest BCUT2D eigenvalue weighted by molar-refractivity contribution is -0.384. The van der Waals surface area contributed by atoms with Crippen LogP contribution in [0.5, 0.6) is 0 Å². The van der Waals surface area contributed by atoms with E-state index < -0.39 is 45.2 Å². The Bertz CT molecular complexity index is 1370. The van der Waals surface area contributed by atoms with E-state index in [0.717, 1.165) is 16.4 Å². The van der Waals surface area contributed by atoms with E-state index in [1.54, 1.807) is 6.07 Å². The van der Waals surface area contributed by atoms with Crippen molar-refractivity contribution in [1.82, 2.24) is 10.2 Å². The van der Waals surface area contributed by atoms with Crippen LogP contribution in [0.2, 0.25) is 0 Å². The Kier molecular flexibility index (Phi) is 8.56. The van der Waals surface area contributed by atoms with Crippen LogP contribution in [-0.4, -0.2) is 49.7 Å². The van der Waals surface area contributed by atoms with E-state index in [1.165, 1.54) is 79.5 Å². The number of rotatable bonds is 10. The first-order chi connectivity index (χ1) is 17.5. The summed E-state index contributed by atoms with van der Waals surface area (Å²) in [4.78, 5) is 37.5. The molecule has 12 heteroatoms. The van der Waals surface area contributed by atoms with E-state index >= 15 is 0 Å². The predicted octanol–water partition coefficient (Wildman–Crippen LogP) is 3.09. The molecule has 3 aromatic carbocycles. The summed E-state index contributed by atoms with van der Waals surface area (Å²) < 4.78 is 41.4. The van der Waals surface area contributed by atoms with Gasteiger partial charge in [-0.25, -0.2) is 12.8 Å². The molecule has 3 rings (SSSR count). The molecule has 3 aromatic rings. The zero-order valence-corrected chi connectivity index (χ0v) is 20.9. The summed E-state index contributed by atoms with van der Waals surface area (Å²) in [6, 6.07) is 16.5. The fourth-order valence-corrected chi connectivity index (χ4v) is 5.00. The topological polar surface area (TPSA) is 130 Å². The molecule has 0 aromatic heterocycles. The molecule has 0 spiro atoms. The van der Waals surface area contributed by atoms with Gasteiger partial charge in [0.1, 0.15) is 18.4 Å². The van der Waals surface area contributed by atoms with E-state index in [9.17, 15) is 32.5 Å². The first-order valence-corrected chi connectivity index (χ1v) is 12.6. The van der Waals surface area contributed by atoms with Gasteiger partial charge in [-0.3, -0.25) is 24.0 Å². The third-order valence-corrected chi connectivity index (χ3v) is 7.43. The lowest BCUT2D eigenvalue weighted by Gasteiger charge is -2.31. The van der Waals surface area contributed by atoms with E-state index in [-0.39, 0.29) is 22.8 Å². The van der Waals surface area contributed by atoms with Crippen molar-refractivity contribution in [1.29, 1.82) is 0 Å². The number of nitrogens with one attached hydrogen (secondary N) is 1. The van der Waals surface area contributed by atoms with Crippen LogP contribution in [0.3, 0.4) is 0 Å². The molecule has 194 valence electrons. The first kappa shape index (κ1) is 27.3. The minimum absolute atomic E-state index is 0.0251. The van der Waals surface area contributed by atoms with Crippen LogP contribution in [-0.2, 0) is 26.2 Å². The highest BCUT2D eigenvalue weighted by Crippen LogP contribution is 2.26. The van der Waals surface area contributed by atoms with Crippen molar-refractivity contribution in [3.8, 4) is 0 Å². The van der Waals surface area contributed by atoms with Crippen molar-refractivity contribution in [2.45, 2.75) is 24.4 Å². The Morgan fingerprint density at radius 1 is 1.00 bits per heavy atom. The molecule has 0 aliphatic rings. The summed E-state index contributed by atoms with van der Waals surface area (Å²) in [5.41, 5.74) is 0.300. The SMILES string of the molecule is CNC(=O)C(C)N(Cc1ccc(F)cc1)C(=O)CN(c1ccc([N+](=O)[O-])cc1)S(=O)(=O)c1ccccc1. The number of non-ortho nitro benzene ring substituents is 1. The molecule has 37 heavy (non-hydrogen) atoms. The smallest absolute Gasteiger partial charge is 0.269 e. The maximum Gasteiger partial charge on any atom is 0.269 e. The van der Waals surface area contributed by atoms with E-state index in [2.05, 4.69) is 5.32 Å². The number of benzene rings is 3. The third-order valence-electron chi connectivity index (χ3n) is 5.64. The fourth-order valence-electron chi connectivity index (χ4n) is 3.57. The van der Waals surface area contributed by atoms with Crippen molar-refractivity contribution in [2.24, 2.45) is 0 Å². The average Bonchev–Trinajstić information content (AvgIpc) is 2.90. The Morgan fingerprint density at radius 3 is 2.14 bits per heavy atom. The van der Waals surface area contributed by atoms with Crippen LogP contribution in [0.25, 0.3) is 0 Å². The van der Waals surface area contributed by atoms with Gasteiger partial charge in [-0.05, 0) is 48.9 Å². The zero-order chi connectivity index (χ0) is 27.2. The number of carbonyl (C=O) groups is 2. The lowest BCUT2D eigenvalue weighted by Crippen LogP contribution is -2.50. The molecular formula is C25H25FN4O6S. The molecule has 1 N–H and O–H groups in total. The van der Waals surface area contributed by atoms with Gasteiger partial charge in [0.25, 0.3) is 15.7 Å². The van der Waals surface area contributed by atoms with Crippen molar-refractivity contribution >= 4 is 33.2 Å². The van der Waals surface area contributed by atoms with Crippen LogP contribution in [0.4, 0.5) is 15.8 Å². The summed E-state index contributed by atoms with van der Waals surface area (Å²) in [6.45, 7) is 0.701.